The average Bonchev–Trinajstić information content (AvgIpc) is 3.03. The SMILES string of the molecule is N=CN=C(N)c1cc2nc(-c3ccccc3OCCO)[nH]c2cn1. The zero-order valence-corrected chi connectivity index (χ0v) is 12.7. The van der Waals surface area contributed by atoms with Crippen LogP contribution in [-0.2, 0) is 0 Å². The highest BCUT2D eigenvalue weighted by molar-refractivity contribution is 6.01. The predicted octanol–water partition coefficient (Wildman–Crippen LogP) is 1.31. The Hall–Kier alpha value is -3.26. The summed E-state index contributed by atoms with van der Waals surface area (Å²) in [4.78, 5) is 15.7. The van der Waals surface area contributed by atoms with Gasteiger partial charge in [-0.3, -0.25) is 10.4 Å². The molecule has 24 heavy (non-hydrogen) atoms. The number of rotatable bonds is 6. The third kappa shape index (κ3) is 3.08. The van der Waals surface area contributed by atoms with Gasteiger partial charge in [0.2, 0.25) is 0 Å². The van der Waals surface area contributed by atoms with E-state index in [4.69, 9.17) is 21.0 Å². The highest BCUT2D eigenvalue weighted by atomic mass is 16.5. The van der Waals surface area contributed by atoms with Gasteiger partial charge >= 0.3 is 0 Å². The molecule has 3 aromatic rings. The Kier molecular flexibility index (Phi) is 4.48. The van der Waals surface area contributed by atoms with Crippen molar-refractivity contribution in [1.82, 2.24) is 15.0 Å². The molecule has 0 aliphatic rings. The maximum absolute atomic E-state index is 8.93. The maximum atomic E-state index is 8.93. The van der Waals surface area contributed by atoms with Crippen molar-refractivity contribution in [3.8, 4) is 17.1 Å². The molecule has 0 atom stereocenters. The van der Waals surface area contributed by atoms with Crippen LogP contribution in [0.15, 0.2) is 41.5 Å². The fourth-order valence-corrected chi connectivity index (χ4v) is 2.26. The Bertz CT molecular complexity index is 902. The largest absolute Gasteiger partial charge is 0.490 e. The summed E-state index contributed by atoms with van der Waals surface area (Å²) in [5, 5.41) is 15.9. The number of hydrogen-bond donors (Lipinski definition) is 4. The van der Waals surface area contributed by atoms with E-state index in [-0.39, 0.29) is 19.0 Å². The summed E-state index contributed by atoms with van der Waals surface area (Å²) in [5.74, 6) is 1.41. The third-order valence-corrected chi connectivity index (χ3v) is 3.32. The second kappa shape index (κ2) is 6.88. The Balaban J connectivity index is 2.03. The molecule has 8 nitrogen and oxygen atoms in total. The van der Waals surface area contributed by atoms with Crippen LogP contribution in [0.5, 0.6) is 5.75 Å². The fourth-order valence-electron chi connectivity index (χ4n) is 2.26. The smallest absolute Gasteiger partial charge is 0.151 e. The van der Waals surface area contributed by atoms with Gasteiger partial charge in [0, 0.05) is 0 Å². The van der Waals surface area contributed by atoms with E-state index in [1.54, 1.807) is 12.3 Å². The summed E-state index contributed by atoms with van der Waals surface area (Å²) in [7, 11) is 0. The lowest BCUT2D eigenvalue weighted by atomic mass is 10.2. The molecule has 0 spiro atoms. The maximum Gasteiger partial charge on any atom is 0.151 e. The van der Waals surface area contributed by atoms with E-state index in [1.807, 2.05) is 24.3 Å². The van der Waals surface area contributed by atoms with Crippen molar-refractivity contribution >= 4 is 23.2 Å². The van der Waals surface area contributed by atoms with Gasteiger partial charge in [-0.25, -0.2) is 9.98 Å². The number of fused-ring (bicyclic) bond motifs is 1. The van der Waals surface area contributed by atoms with Gasteiger partial charge in [-0.15, -0.1) is 0 Å². The van der Waals surface area contributed by atoms with Crippen molar-refractivity contribution in [2.75, 3.05) is 13.2 Å². The van der Waals surface area contributed by atoms with Crippen LogP contribution in [0.3, 0.4) is 0 Å². The first-order valence-electron chi connectivity index (χ1n) is 7.24. The molecule has 122 valence electrons. The number of nitrogens with one attached hydrogen (secondary N) is 2. The second-order valence-corrected chi connectivity index (χ2v) is 4.88. The Morgan fingerprint density at radius 2 is 2.25 bits per heavy atom. The number of nitrogens with zero attached hydrogens (tertiary/aromatic N) is 3. The van der Waals surface area contributed by atoms with Crippen molar-refractivity contribution in [1.29, 1.82) is 5.41 Å². The minimum Gasteiger partial charge on any atom is -0.490 e. The molecule has 3 rings (SSSR count). The van der Waals surface area contributed by atoms with Gasteiger partial charge in [-0.2, -0.15) is 0 Å². The number of nitrogens with two attached hydrogens (primary N) is 1. The molecule has 0 radical (unpaired) electrons. The minimum atomic E-state index is -0.0621. The van der Waals surface area contributed by atoms with Crippen molar-refractivity contribution in [2.24, 2.45) is 10.7 Å². The van der Waals surface area contributed by atoms with E-state index in [0.717, 1.165) is 17.4 Å². The van der Waals surface area contributed by atoms with E-state index in [0.29, 0.717) is 22.8 Å². The number of pyridine rings is 1. The van der Waals surface area contributed by atoms with Gasteiger partial charge in [-0.05, 0) is 18.2 Å². The number of para-hydroxylation sites is 1. The number of aromatic nitrogens is 3. The lowest BCUT2D eigenvalue weighted by Crippen LogP contribution is -2.14. The molecule has 0 amide bonds. The third-order valence-electron chi connectivity index (χ3n) is 3.32. The van der Waals surface area contributed by atoms with Gasteiger partial charge in [-0.1, -0.05) is 12.1 Å². The number of benzene rings is 1. The molecule has 5 N–H and O–H groups in total. The monoisotopic (exact) mass is 324 g/mol. The molecule has 8 heteroatoms. The quantitative estimate of drug-likeness (QED) is 0.401. The number of aliphatic imine (C=N–C) groups is 1. The van der Waals surface area contributed by atoms with E-state index in [2.05, 4.69) is 19.9 Å². The Morgan fingerprint density at radius 3 is 3.04 bits per heavy atom. The summed E-state index contributed by atoms with van der Waals surface area (Å²) in [6.45, 7) is 0.146. The van der Waals surface area contributed by atoms with Gasteiger partial charge in [0.05, 0.1) is 29.4 Å². The van der Waals surface area contributed by atoms with Crippen molar-refractivity contribution in [3.05, 3.63) is 42.2 Å². The van der Waals surface area contributed by atoms with Crippen molar-refractivity contribution < 1.29 is 9.84 Å². The number of amidine groups is 1. The first kappa shape index (κ1) is 15.6. The molecule has 0 saturated carbocycles. The van der Waals surface area contributed by atoms with Crippen LogP contribution in [0.2, 0.25) is 0 Å². The number of H-pyrrole nitrogens is 1. The number of aromatic amines is 1. The van der Waals surface area contributed by atoms with Crippen molar-refractivity contribution in [2.45, 2.75) is 0 Å². The van der Waals surface area contributed by atoms with Crippen LogP contribution in [0, 0.1) is 5.41 Å². The second-order valence-electron chi connectivity index (χ2n) is 4.88. The van der Waals surface area contributed by atoms with Crippen LogP contribution in [0.25, 0.3) is 22.4 Å². The molecule has 0 aliphatic carbocycles. The first-order valence-corrected chi connectivity index (χ1v) is 7.24. The normalized spacial score (nSPS) is 11.6. The standard InChI is InChI=1S/C16H16N6O2/c17-9-20-15(18)12-7-11-13(8-19-12)22-16(21-11)10-3-1-2-4-14(10)24-6-5-23/h1-4,7-9,23H,5-6H2,(H,21,22)(H3,17,18,20). The number of ether oxygens (including phenoxy) is 1. The highest BCUT2D eigenvalue weighted by Gasteiger charge is 2.12. The molecular weight excluding hydrogens is 308 g/mol. The Labute approximate surface area is 137 Å². The Morgan fingerprint density at radius 1 is 1.42 bits per heavy atom. The van der Waals surface area contributed by atoms with Gasteiger partial charge in [0.15, 0.2) is 5.84 Å². The lowest BCUT2D eigenvalue weighted by Gasteiger charge is -2.08. The summed E-state index contributed by atoms with van der Waals surface area (Å²) in [5.41, 5.74) is 8.40. The highest BCUT2D eigenvalue weighted by Crippen LogP contribution is 2.29. The summed E-state index contributed by atoms with van der Waals surface area (Å²) in [6.07, 6.45) is 2.48. The van der Waals surface area contributed by atoms with E-state index < -0.39 is 0 Å². The number of aliphatic hydroxyl groups is 1. The number of imidazole rings is 1. The molecule has 0 aliphatic heterocycles. The fraction of sp³-hybridized carbons (Fsp3) is 0.125. The number of aliphatic hydroxyl groups excluding tert-OH is 1. The predicted molar refractivity (Wildman–Crippen MR) is 91.4 cm³/mol. The van der Waals surface area contributed by atoms with Gasteiger partial charge in [0.1, 0.15) is 30.2 Å². The topological polar surface area (TPSA) is 133 Å². The van der Waals surface area contributed by atoms with E-state index >= 15 is 0 Å². The minimum absolute atomic E-state index is 0.0621. The molecule has 1 aromatic carbocycles. The molecule has 0 fully saturated rings. The van der Waals surface area contributed by atoms with Gasteiger partial charge in [0.25, 0.3) is 0 Å². The summed E-state index contributed by atoms with van der Waals surface area (Å²) in [6, 6.07) is 9.13. The van der Waals surface area contributed by atoms with Crippen LogP contribution in [-0.4, -0.2) is 45.4 Å². The lowest BCUT2D eigenvalue weighted by molar-refractivity contribution is 0.202. The first-order chi connectivity index (χ1) is 11.7. The van der Waals surface area contributed by atoms with Crippen LogP contribution in [0.4, 0.5) is 0 Å². The zero-order chi connectivity index (χ0) is 16.9. The van der Waals surface area contributed by atoms with Crippen LogP contribution >= 0.6 is 0 Å². The molecular formula is C16H16N6O2. The molecule has 2 heterocycles. The van der Waals surface area contributed by atoms with Crippen LogP contribution < -0.4 is 10.5 Å². The van der Waals surface area contributed by atoms with E-state index in [1.165, 1.54) is 0 Å². The molecule has 2 aromatic heterocycles. The van der Waals surface area contributed by atoms with E-state index in [9.17, 15) is 0 Å². The molecule has 0 unspecified atom stereocenters. The summed E-state index contributed by atoms with van der Waals surface area (Å²) >= 11 is 0. The molecule has 0 bridgehead atoms. The van der Waals surface area contributed by atoms with Crippen LogP contribution in [0.1, 0.15) is 5.69 Å². The summed E-state index contributed by atoms with van der Waals surface area (Å²) < 4.78 is 5.54. The molecule has 0 saturated heterocycles. The average molecular weight is 324 g/mol. The zero-order valence-electron chi connectivity index (χ0n) is 12.7. The van der Waals surface area contributed by atoms with Gasteiger partial charge < -0.3 is 20.6 Å². The van der Waals surface area contributed by atoms with Crippen molar-refractivity contribution in [3.63, 3.8) is 0 Å². The number of hydrogen-bond acceptors (Lipinski definition) is 5.